The first kappa shape index (κ1) is 11.5. The number of aldehydes is 1. The number of oxazole rings is 1. The molecule has 0 aliphatic rings. The Hall–Kier alpha value is -2.63. The van der Waals surface area contributed by atoms with Gasteiger partial charge >= 0.3 is 5.76 Å². The summed E-state index contributed by atoms with van der Waals surface area (Å²) in [5, 5.41) is 0. The van der Waals surface area contributed by atoms with E-state index in [0.717, 1.165) is 5.56 Å². The van der Waals surface area contributed by atoms with Gasteiger partial charge in [0.2, 0.25) is 0 Å². The summed E-state index contributed by atoms with van der Waals surface area (Å²) in [7, 11) is 3.45. The van der Waals surface area contributed by atoms with Crippen LogP contribution in [0.15, 0.2) is 33.7 Å². The van der Waals surface area contributed by atoms with Gasteiger partial charge in [0.1, 0.15) is 5.69 Å². The van der Waals surface area contributed by atoms with Gasteiger partial charge in [-0.05, 0) is 12.1 Å². The van der Waals surface area contributed by atoms with Gasteiger partial charge in [0, 0.05) is 19.7 Å². The third-order valence-electron chi connectivity index (χ3n) is 3.14. The van der Waals surface area contributed by atoms with Crippen LogP contribution < -0.4 is 5.76 Å². The largest absolute Gasteiger partial charge is 0.419 e. The summed E-state index contributed by atoms with van der Waals surface area (Å²) in [6.45, 7) is 0. The van der Waals surface area contributed by atoms with E-state index in [2.05, 4.69) is 4.98 Å². The quantitative estimate of drug-likeness (QED) is 0.650. The summed E-state index contributed by atoms with van der Waals surface area (Å²) >= 11 is 0. The molecule has 3 rings (SSSR count). The second-order valence-electron chi connectivity index (χ2n) is 4.32. The van der Waals surface area contributed by atoms with E-state index < -0.39 is 5.76 Å². The third kappa shape index (κ3) is 1.61. The Kier molecular flexibility index (Phi) is 2.38. The third-order valence-corrected chi connectivity index (χ3v) is 3.14. The van der Waals surface area contributed by atoms with E-state index in [1.165, 1.54) is 4.57 Å². The highest BCUT2D eigenvalue weighted by Gasteiger charge is 2.13. The molecule has 0 amide bonds. The Bertz CT molecular complexity index is 839. The summed E-state index contributed by atoms with van der Waals surface area (Å²) in [6.07, 6.45) is 2.28. The number of carbonyl (C=O) groups is 1. The van der Waals surface area contributed by atoms with E-state index >= 15 is 0 Å². The molecule has 0 N–H and O–H groups in total. The summed E-state index contributed by atoms with van der Waals surface area (Å²) < 4.78 is 8.33. The van der Waals surface area contributed by atoms with E-state index in [9.17, 15) is 9.59 Å². The number of aromatic nitrogens is 3. The van der Waals surface area contributed by atoms with Gasteiger partial charge < -0.3 is 8.98 Å². The summed E-state index contributed by atoms with van der Waals surface area (Å²) in [4.78, 5) is 26.4. The van der Waals surface area contributed by atoms with E-state index in [0.29, 0.717) is 28.8 Å². The maximum atomic E-state index is 11.4. The number of rotatable bonds is 2. The molecule has 1 aromatic carbocycles. The smallest absolute Gasteiger partial charge is 0.408 e. The lowest BCUT2D eigenvalue weighted by Crippen LogP contribution is -2.08. The molecule has 0 aliphatic heterocycles. The van der Waals surface area contributed by atoms with Crippen LogP contribution in [0.3, 0.4) is 0 Å². The van der Waals surface area contributed by atoms with Crippen molar-refractivity contribution in [2.75, 3.05) is 0 Å². The minimum atomic E-state index is -0.409. The Morgan fingerprint density at radius 1 is 1.32 bits per heavy atom. The number of imidazole rings is 1. The van der Waals surface area contributed by atoms with Crippen molar-refractivity contribution in [3.8, 4) is 11.3 Å². The highest BCUT2D eigenvalue weighted by atomic mass is 16.4. The number of hydrogen-bond donors (Lipinski definition) is 0. The van der Waals surface area contributed by atoms with Crippen molar-refractivity contribution in [1.82, 2.24) is 14.1 Å². The first-order chi connectivity index (χ1) is 9.11. The molecule has 0 spiro atoms. The lowest BCUT2D eigenvalue weighted by molar-refractivity contribution is 0.112. The van der Waals surface area contributed by atoms with Crippen molar-refractivity contribution in [2.24, 2.45) is 14.1 Å². The molecule has 0 radical (unpaired) electrons. The fourth-order valence-electron chi connectivity index (χ4n) is 2.17. The van der Waals surface area contributed by atoms with Gasteiger partial charge in [-0.15, -0.1) is 0 Å². The molecular formula is C13H11N3O3. The van der Waals surface area contributed by atoms with Crippen molar-refractivity contribution in [2.45, 2.75) is 0 Å². The standard InChI is InChI=1S/C13H11N3O3/c1-15-7-14-9(6-17)12(15)8-3-4-10-11(5-8)19-13(18)16(10)2/h3-7H,1-2H3. The monoisotopic (exact) mass is 257 g/mol. The zero-order valence-corrected chi connectivity index (χ0v) is 10.5. The van der Waals surface area contributed by atoms with Gasteiger partial charge in [-0.25, -0.2) is 9.78 Å². The molecule has 0 saturated heterocycles. The topological polar surface area (TPSA) is 70.0 Å². The SMILES string of the molecule is Cn1cnc(C=O)c1-c1ccc2c(c1)oc(=O)n2C. The predicted molar refractivity (Wildman–Crippen MR) is 69.0 cm³/mol. The zero-order chi connectivity index (χ0) is 13.6. The molecule has 0 bridgehead atoms. The van der Waals surface area contributed by atoms with Crippen LogP contribution in [0.25, 0.3) is 22.4 Å². The van der Waals surface area contributed by atoms with Crippen molar-refractivity contribution >= 4 is 17.4 Å². The van der Waals surface area contributed by atoms with Crippen LogP contribution in [0.5, 0.6) is 0 Å². The fourth-order valence-corrected chi connectivity index (χ4v) is 2.17. The average molecular weight is 257 g/mol. The van der Waals surface area contributed by atoms with E-state index in [-0.39, 0.29) is 0 Å². The van der Waals surface area contributed by atoms with Crippen LogP contribution in [0.2, 0.25) is 0 Å². The maximum Gasteiger partial charge on any atom is 0.419 e. The second kappa shape index (κ2) is 3.94. The molecule has 96 valence electrons. The van der Waals surface area contributed by atoms with Crippen molar-refractivity contribution in [3.63, 3.8) is 0 Å². The number of carbonyl (C=O) groups excluding carboxylic acids is 1. The zero-order valence-electron chi connectivity index (χ0n) is 10.5. The minimum absolute atomic E-state index is 0.361. The molecule has 2 heterocycles. The molecule has 0 aliphatic carbocycles. The number of aryl methyl sites for hydroxylation is 2. The number of hydrogen-bond acceptors (Lipinski definition) is 4. The Balaban J connectivity index is 2.29. The Labute approximate surface area is 107 Å². The van der Waals surface area contributed by atoms with Crippen LogP contribution >= 0.6 is 0 Å². The van der Waals surface area contributed by atoms with Gasteiger partial charge in [0.15, 0.2) is 11.9 Å². The summed E-state index contributed by atoms with van der Waals surface area (Å²) in [6, 6.07) is 5.36. The van der Waals surface area contributed by atoms with Crippen molar-refractivity contribution in [1.29, 1.82) is 0 Å². The lowest BCUT2D eigenvalue weighted by Gasteiger charge is -2.03. The van der Waals surface area contributed by atoms with E-state index in [1.807, 2.05) is 6.07 Å². The van der Waals surface area contributed by atoms with Crippen LogP contribution in [0, 0.1) is 0 Å². The molecule has 0 atom stereocenters. The van der Waals surface area contributed by atoms with Crippen molar-refractivity contribution in [3.05, 3.63) is 40.8 Å². The number of benzene rings is 1. The van der Waals surface area contributed by atoms with Crippen LogP contribution in [-0.4, -0.2) is 20.4 Å². The first-order valence-electron chi connectivity index (χ1n) is 5.68. The van der Waals surface area contributed by atoms with Crippen LogP contribution in [0.1, 0.15) is 10.5 Å². The number of nitrogens with zero attached hydrogens (tertiary/aromatic N) is 3. The minimum Gasteiger partial charge on any atom is -0.408 e. The molecule has 6 heteroatoms. The lowest BCUT2D eigenvalue weighted by atomic mass is 10.1. The Morgan fingerprint density at radius 3 is 2.84 bits per heavy atom. The highest BCUT2D eigenvalue weighted by Crippen LogP contribution is 2.25. The van der Waals surface area contributed by atoms with Gasteiger partial charge in [0.05, 0.1) is 17.5 Å². The Morgan fingerprint density at radius 2 is 2.11 bits per heavy atom. The molecule has 0 fully saturated rings. The molecule has 0 unspecified atom stereocenters. The van der Waals surface area contributed by atoms with Crippen molar-refractivity contribution < 1.29 is 9.21 Å². The summed E-state index contributed by atoms with van der Waals surface area (Å²) in [5.41, 5.74) is 3.04. The van der Waals surface area contributed by atoms with E-state index in [4.69, 9.17) is 4.42 Å². The fraction of sp³-hybridized carbons (Fsp3) is 0.154. The number of fused-ring (bicyclic) bond motifs is 1. The molecule has 0 saturated carbocycles. The predicted octanol–water partition coefficient (Wildman–Crippen LogP) is 1.34. The van der Waals surface area contributed by atoms with E-state index in [1.54, 1.807) is 37.1 Å². The average Bonchev–Trinajstić information content (AvgIpc) is 2.90. The molecule has 6 nitrogen and oxygen atoms in total. The van der Waals surface area contributed by atoms with Crippen LogP contribution in [0.4, 0.5) is 0 Å². The highest BCUT2D eigenvalue weighted by molar-refractivity contribution is 5.87. The summed E-state index contributed by atoms with van der Waals surface area (Å²) in [5.74, 6) is -0.409. The molecule has 19 heavy (non-hydrogen) atoms. The van der Waals surface area contributed by atoms with Crippen LogP contribution in [-0.2, 0) is 14.1 Å². The second-order valence-corrected chi connectivity index (χ2v) is 4.32. The van der Waals surface area contributed by atoms with Gasteiger partial charge in [-0.3, -0.25) is 9.36 Å². The van der Waals surface area contributed by atoms with Gasteiger partial charge in [-0.2, -0.15) is 0 Å². The molecular weight excluding hydrogens is 246 g/mol. The maximum absolute atomic E-state index is 11.4. The molecule has 3 aromatic rings. The van der Waals surface area contributed by atoms with Gasteiger partial charge in [-0.1, -0.05) is 6.07 Å². The normalized spacial score (nSPS) is 11.1. The first-order valence-corrected chi connectivity index (χ1v) is 5.68. The molecule has 2 aromatic heterocycles. The van der Waals surface area contributed by atoms with Gasteiger partial charge in [0.25, 0.3) is 0 Å².